The molecule has 1 aliphatic heterocycles. The van der Waals surface area contributed by atoms with E-state index >= 15 is 0 Å². The number of carbonyl (C=O) groups excluding carboxylic acids is 1. The van der Waals surface area contributed by atoms with Gasteiger partial charge in [0.25, 0.3) is 0 Å². The second-order valence-electron chi connectivity index (χ2n) is 8.03. The van der Waals surface area contributed by atoms with Crippen LogP contribution >= 0.6 is 0 Å². The Morgan fingerprint density at radius 2 is 2.00 bits per heavy atom. The van der Waals surface area contributed by atoms with Gasteiger partial charge in [-0.1, -0.05) is 17.7 Å². The fourth-order valence-electron chi connectivity index (χ4n) is 4.51. The van der Waals surface area contributed by atoms with Crippen LogP contribution in [0.3, 0.4) is 0 Å². The van der Waals surface area contributed by atoms with Crippen LogP contribution in [0.5, 0.6) is 5.75 Å². The molecule has 0 bridgehead atoms. The molecular weight excluding hydrogens is 340 g/mol. The highest BCUT2D eigenvalue weighted by atomic mass is 16.3. The van der Waals surface area contributed by atoms with E-state index in [2.05, 4.69) is 27.9 Å². The Labute approximate surface area is 159 Å². The van der Waals surface area contributed by atoms with Crippen molar-refractivity contribution in [3.05, 3.63) is 53.1 Å². The number of aromatic hydroxyl groups is 1. The van der Waals surface area contributed by atoms with Gasteiger partial charge in [0.1, 0.15) is 5.75 Å². The summed E-state index contributed by atoms with van der Waals surface area (Å²) in [6.45, 7) is 7.09. The molecule has 1 N–H and O–H groups in total. The molecule has 1 amide bonds. The largest absolute Gasteiger partial charge is 0.507 e. The zero-order valence-electron chi connectivity index (χ0n) is 16.1. The number of rotatable bonds is 5. The minimum absolute atomic E-state index is 0.135. The highest BCUT2D eigenvalue weighted by Gasteiger charge is 2.59. The van der Waals surface area contributed by atoms with Crippen molar-refractivity contribution in [3.63, 3.8) is 0 Å². The number of benzene rings is 1. The predicted octanol–water partition coefficient (Wildman–Crippen LogP) is 2.14. The molecule has 2 aliphatic rings. The molecule has 1 saturated carbocycles. The molecule has 2 aromatic rings. The molecule has 1 aromatic heterocycles. The maximum Gasteiger partial charge on any atom is 0.226 e. The summed E-state index contributed by atoms with van der Waals surface area (Å²) in [7, 11) is 1.84. The van der Waals surface area contributed by atoms with E-state index in [1.807, 2.05) is 20.0 Å². The third kappa shape index (κ3) is 3.54. The maximum atomic E-state index is 12.8. The zero-order valence-corrected chi connectivity index (χ0v) is 16.1. The van der Waals surface area contributed by atoms with Crippen molar-refractivity contribution < 1.29 is 9.90 Å². The van der Waals surface area contributed by atoms with Crippen molar-refractivity contribution in [1.29, 1.82) is 0 Å². The summed E-state index contributed by atoms with van der Waals surface area (Å²) in [4.78, 5) is 25.2. The Balaban J connectivity index is 1.33. The first kappa shape index (κ1) is 17.9. The first-order valence-electron chi connectivity index (χ1n) is 9.45. The lowest BCUT2D eigenvalue weighted by atomic mass is 10.0. The first-order chi connectivity index (χ1) is 12.9. The van der Waals surface area contributed by atoms with Crippen LogP contribution < -0.4 is 0 Å². The van der Waals surface area contributed by atoms with E-state index in [4.69, 9.17) is 0 Å². The van der Waals surface area contributed by atoms with E-state index in [9.17, 15) is 9.90 Å². The molecule has 1 aromatic carbocycles. The van der Waals surface area contributed by atoms with Crippen LogP contribution in [0.2, 0.25) is 0 Å². The molecule has 1 unspecified atom stereocenters. The number of hydrogen-bond acceptors (Lipinski definition) is 5. The third-order valence-corrected chi connectivity index (χ3v) is 5.86. The van der Waals surface area contributed by atoms with Crippen molar-refractivity contribution in [3.8, 4) is 5.75 Å². The minimum Gasteiger partial charge on any atom is -0.507 e. The molecule has 27 heavy (non-hydrogen) atoms. The van der Waals surface area contributed by atoms with Crippen LogP contribution in [-0.2, 0) is 17.9 Å². The monoisotopic (exact) mass is 366 g/mol. The standard InChI is InChI=1S/C21H26N4O2/c1-13-6-14(2)20(26)15(7-13)9-25-11-17-18(12-25)19(17)21(27)24(3)10-16-8-22-4-5-23-16/h4-8,17-19,26H,9-12H2,1-3H3/t17-,18+,19?. The fourth-order valence-corrected chi connectivity index (χ4v) is 4.51. The molecule has 1 aliphatic carbocycles. The molecule has 142 valence electrons. The van der Waals surface area contributed by atoms with Gasteiger partial charge >= 0.3 is 0 Å². The van der Waals surface area contributed by atoms with Crippen molar-refractivity contribution >= 4 is 5.91 Å². The van der Waals surface area contributed by atoms with Crippen molar-refractivity contribution in [2.24, 2.45) is 17.8 Å². The fraction of sp³-hybridized carbons (Fsp3) is 0.476. The second kappa shape index (κ2) is 6.93. The Kier molecular flexibility index (Phi) is 4.60. The zero-order chi connectivity index (χ0) is 19.1. The Bertz CT molecular complexity index is 843. The molecule has 3 atom stereocenters. The Morgan fingerprint density at radius 1 is 1.26 bits per heavy atom. The van der Waals surface area contributed by atoms with Gasteiger partial charge in [-0.15, -0.1) is 0 Å². The van der Waals surface area contributed by atoms with Gasteiger partial charge in [-0.2, -0.15) is 0 Å². The number of aromatic nitrogens is 2. The summed E-state index contributed by atoms with van der Waals surface area (Å²) in [5, 5.41) is 10.3. The molecule has 0 radical (unpaired) electrons. The van der Waals surface area contributed by atoms with Crippen LogP contribution in [0.1, 0.15) is 22.4 Å². The van der Waals surface area contributed by atoms with Gasteiger partial charge in [0, 0.05) is 50.6 Å². The molecule has 6 nitrogen and oxygen atoms in total. The van der Waals surface area contributed by atoms with Gasteiger partial charge in [-0.3, -0.25) is 19.7 Å². The van der Waals surface area contributed by atoms with Crippen LogP contribution in [-0.4, -0.2) is 50.9 Å². The molecule has 0 spiro atoms. The smallest absolute Gasteiger partial charge is 0.226 e. The SMILES string of the molecule is Cc1cc(C)c(O)c(CN2C[C@@H]3C(C(=O)N(C)Cc4cnccn4)[C@@H]3C2)c1. The lowest BCUT2D eigenvalue weighted by molar-refractivity contribution is -0.132. The van der Waals surface area contributed by atoms with E-state index in [0.29, 0.717) is 24.1 Å². The topological polar surface area (TPSA) is 69.6 Å². The highest BCUT2D eigenvalue weighted by molar-refractivity contribution is 5.82. The predicted molar refractivity (Wildman–Crippen MR) is 102 cm³/mol. The lowest BCUT2D eigenvalue weighted by Gasteiger charge is -2.23. The molecule has 6 heteroatoms. The van der Waals surface area contributed by atoms with Gasteiger partial charge in [-0.25, -0.2) is 0 Å². The number of piperidine rings is 1. The minimum atomic E-state index is 0.135. The summed E-state index contributed by atoms with van der Waals surface area (Å²) < 4.78 is 0. The van der Waals surface area contributed by atoms with Gasteiger partial charge in [0.05, 0.1) is 18.4 Å². The average Bonchev–Trinajstić information content (AvgIpc) is 3.14. The number of nitrogens with zero attached hydrogens (tertiary/aromatic N) is 4. The number of fused-ring (bicyclic) bond motifs is 1. The Hall–Kier alpha value is -2.47. The average molecular weight is 366 g/mol. The number of likely N-dealkylation sites (tertiary alicyclic amines) is 1. The molecule has 2 fully saturated rings. The van der Waals surface area contributed by atoms with Crippen LogP contribution in [0.15, 0.2) is 30.7 Å². The number of phenols is 1. The number of amides is 1. The van der Waals surface area contributed by atoms with E-state index in [1.165, 1.54) is 5.56 Å². The summed E-state index contributed by atoms with van der Waals surface area (Å²) in [5.74, 6) is 1.63. The summed E-state index contributed by atoms with van der Waals surface area (Å²) in [6.07, 6.45) is 4.99. The van der Waals surface area contributed by atoms with Gasteiger partial charge in [0.15, 0.2) is 0 Å². The maximum absolute atomic E-state index is 12.8. The lowest BCUT2D eigenvalue weighted by Crippen LogP contribution is -2.33. The third-order valence-electron chi connectivity index (χ3n) is 5.86. The van der Waals surface area contributed by atoms with E-state index in [-0.39, 0.29) is 11.8 Å². The van der Waals surface area contributed by atoms with Crippen molar-refractivity contribution in [1.82, 2.24) is 19.8 Å². The number of hydrogen-bond donors (Lipinski definition) is 1. The van der Waals surface area contributed by atoms with Gasteiger partial charge in [0.2, 0.25) is 5.91 Å². The summed E-state index contributed by atoms with van der Waals surface area (Å²) in [5.41, 5.74) is 3.89. The normalized spacial score (nSPS) is 23.9. The summed E-state index contributed by atoms with van der Waals surface area (Å²) >= 11 is 0. The van der Waals surface area contributed by atoms with Gasteiger partial charge < -0.3 is 10.0 Å². The van der Waals surface area contributed by atoms with E-state index in [0.717, 1.165) is 36.5 Å². The highest BCUT2D eigenvalue weighted by Crippen LogP contribution is 2.53. The van der Waals surface area contributed by atoms with Crippen LogP contribution in [0.25, 0.3) is 0 Å². The van der Waals surface area contributed by atoms with Gasteiger partial charge in [-0.05, 0) is 31.2 Å². The molecular formula is C21H26N4O2. The van der Waals surface area contributed by atoms with E-state index in [1.54, 1.807) is 23.5 Å². The van der Waals surface area contributed by atoms with Crippen molar-refractivity contribution in [2.75, 3.05) is 20.1 Å². The molecule has 1 saturated heterocycles. The summed E-state index contributed by atoms with van der Waals surface area (Å²) in [6, 6.07) is 4.06. The number of phenolic OH excluding ortho intramolecular Hbond substituents is 1. The number of carbonyl (C=O) groups is 1. The first-order valence-corrected chi connectivity index (χ1v) is 9.45. The van der Waals surface area contributed by atoms with E-state index < -0.39 is 0 Å². The quantitative estimate of drug-likeness (QED) is 0.878. The Morgan fingerprint density at radius 3 is 2.67 bits per heavy atom. The second-order valence-corrected chi connectivity index (χ2v) is 8.03. The molecule has 4 rings (SSSR count). The van der Waals surface area contributed by atoms with Crippen LogP contribution in [0.4, 0.5) is 0 Å². The van der Waals surface area contributed by atoms with Crippen LogP contribution in [0, 0.1) is 31.6 Å². The number of aryl methyl sites for hydroxylation is 2. The molecule has 2 heterocycles. The van der Waals surface area contributed by atoms with Crippen molar-refractivity contribution in [2.45, 2.75) is 26.9 Å².